The Labute approximate surface area is 75.2 Å². The molecular weight excluding hydrogens is 255 g/mol. The lowest BCUT2D eigenvalue weighted by Gasteiger charge is -1.97. The van der Waals surface area contributed by atoms with E-state index in [0.29, 0.717) is 0 Å². The summed E-state index contributed by atoms with van der Waals surface area (Å²) in [6.07, 6.45) is 0. The molecule has 60 valence electrons. The van der Waals surface area contributed by atoms with Gasteiger partial charge in [-0.25, -0.2) is 0 Å². The monoisotopic (exact) mass is 264 g/mol. The first-order valence-corrected chi connectivity index (χ1v) is 5.49. The van der Waals surface area contributed by atoms with Gasteiger partial charge in [-0.2, -0.15) is 0 Å². The third-order valence-electron chi connectivity index (χ3n) is 1.16. The lowest BCUT2D eigenvalue weighted by Crippen LogP contribution is -1.73. The maximum atomic E-state index is 9.27. The van der Waals surface area contributed by atoms with Crippen molar-refractivity contribution in [3.05, 3.63) is 21.8 Å². The van der Waals surface area contributed by atoms with Crippen LogP contribution in [0.1, 0.15) is 6.92 Å². The summed E-state index contributed by atoms with van der Waals surface area (Å²) in [4.78, 5) is 0. The molecule has 0 aliphatic rings. The maximum Gasteiger partial charge on any atom is 0.132 e. The highest BCUT2D eigenvalue weighted by Gasteiger charge is 1.97. The lowest BCUT2D eigenvalue weighted by molar-refractivity contribution is 0.448. The second kappa shape index (κ2) is 3.71. The van der Waals surface area contributed by atoms with Crippen LogP contribution in [0, 0.1) is 3.57 Å². The summed E-state index contributed by atoms with van der Waals surface area (Å²) in [6.45, 7) is 1.97. The van der Waals surface area contributed by atoms with Gasteiger partial charge >= 0.3 is 0 Å². The molecule has 0 bridgehead atoms. The molecule has 2 nitrogen and oxygen atoms in total. The van der Waals surface area contributed by atoms with Crippen LogP contribution in [0.2, 0.25) is 0 Å². The predicted molar refractivity (Wildman–Crippen MR) is 54.2 cm³/mol. The Kier molecular flexibility index (Phi) is 2.87. The van der Waals surface area contributed by atoms with Crippen molar-refractivity contribution in [3.63, 3.8) is 0 Å². The van der Waals surface area contributed by atoms with Gasteiger partial charge in [0.15, 0.2) is 0 Å². The molecule has 3 heteroatoms. The first-order chi connectivity index (χ1) is 5.24. The highest BCUT2D eigenvalue weighted by molar-refractivity contribution is 14.2. The zero-order valence-electron chi connectivity index (χ0n) is 6.08. The van der Waals surface area contributed by atoms with E-state index < -0.39 is 0 Å². The van der Waals surface area contributed by atoms with Gasteiger partial charge in [0.05, 0.1) is 0 Å². The van der Waals surface area contributed by atoms with E-state index in [9.17, 15) is 5.11 Å². The second-order valence-electron chi connectivity index (χ2n) is 1.96. The molecule has 1 rings (SSSR count). The van der Waals surface area contributed by atoms with Crippen molar-refractivity contribution in [2.45, 2.75) is 6.92 Å². The van der Waals surface area contributed by atoms with Gasteiger partial charge < -0.3 is 10.2 Å². The molecule has 0 fully saturated rings. The number of phenolic OH excluding ortho intramolecular Hbond substituents is 2. The van der Waals surface area contributed by atoms with Crippen LogP contribution in [0.25, 0.3) is 0 Å². The summed E-state index contributed by atoms with van der Waals surface area (Å²) in [5.74, 6) is 0.322. The van der Waals surface area contributed by atoms with Crippen molar-refractivity contribution in [2.24, 2.45) is 0 Å². The molecule has 0 aromatic heterocycles. The van der Waals surface area contributed by atoms with Gasteiger partial charge in [0.2, 0.25) is 0 Å². The van der Waals surface area contributed by atoms with Crippen LogP contribution >= 0.6 is 20.7 Å². The number of halogens is 1. The highest BCUT2D eigenvalue weighted by atomic mass is 127. The van der Waals surface area contributed by atoms with Crippen LogP contribution in [-0.4, -0.2) is 14.2 Å². The minimum absolute atomic E-state index is 0.117. The summed E-state index contributed by atoms with van der Waals surface area (Å²) in [6, 6.07) is 4.73. The Hall–Kier alpha value is -0.580. The smallest absolute Gasteiger partial charge is 0.132 e. The molecule has 1 aromatic rings. The highest BCUT2D eigenvalue weighted by Crippen LogP contribution is 2.26. The molecule has 0 atom stereocenters. The Bertz CT molecular complexity index is 281. The van der Waals surface area contributed by atoms with Gasteiger partial charge in [0.1, 0.15) is 11.5 Å². The van der Waals surface area contributed by atoms with Gasteiger partial charge in [0, 0.05) is 9.64 Å². The van der Waals surface area contributed by atoms with E-state index in [2.05, 4.69) is 4.01 Å². The summed E-state index contributed by atoms with van der Waals surface area (Å²) in [5, 5.41) is 18.2. The average Bonchev–Trinajstić information content (AvgIpc) is 1.95. The Balaban J connectivity index is 3.09. The lowest BCUT2D eigenvalue weighted by atomic mass is 10.3. The largest absolute Gasteiger partial charge is 0.508 e. The molecule has 0 aliphatic carbocycles. The number of rotatable bonds is 1. The van der Waals surface area contributed by atoms with E-state index in [1.807, 2.05) is 6.92 Å². The van der Waals surface area contributed by atoms with Crippen LogP contribution < -0.4 is 0 Å². The molecule has 0 heterocycles. The van der Waals surface area contributed by atoms with Crippen LogP contribution in [0.5, 0.6) is 11.5 Å². The van der Waals surface area contributed by atoms with Crippen molar-refractivity contribution >= 4 is 24.7 Å². The first-order valence-electron chi connectivity index (χ1n) is 3.17. The summed E-state index contributed by atoms with van der Waals surface area (Å²) in [7, 11) is 0. The van der Waals surface area contributed by atoms with E-state index in [4.69, 9.17) is 5.11 Å². The van der Waals surface area contributed by atoms with Crippen LogP contribution in [0.3, 0.4) is 0 Å². The summed E-state index contributed by atoms with van der Waals surface area (Å²) >= 11 is -0.191. The molecule has 11 heavy (non-hydrogen) atoms. The Morgan fingerprint density at radius 2 is 2.09 bits per heavy atom. The van der Waals surface area contributed by atoms with E-state index >= 15 is 0 Å². The quantitative estimate of drug-likeness (QED) is 0.762. The van der Waals surface area contributed by atoms with Gasteiger partial charge in [-0.3, -0.25) is 0 Å². The van der Waals surface area contributed by atoms with Crippen molar-refractivity contribution in [1.82, 2.24) is 0 Å². The minimum Gasteiger partial charge on any atom is -0.508 e. The molecule has 0 radical (unpaired) electrons. The van der Waals surface area contributed by atoms with E-state index in [1.165, 1.54) is 6.07 Å². The number of aromatic hydroxyl groups is 2. The molecule has 2 N–H and O–H groups in total. The van der Waals surface area contributed by atoms with E-state index in [0.717, 1.165) is 3.57 Å². The van der Waals surface area contributed by atoms with Crippen LogP contribution in [-0.2, 0) is 0 Å². The number of hydrogen-bond donors (Lipinski definition) is 2. The zero-order chi connectivity index (χ0) is 8.27. The number of benzene rings is 1. The van der Waals surface area contributed by atoms with Gasteiger partial charge in [-0.1, -0.05) is 24.7 Å². The summed E-state index contributed by atoms with van der Waals surface area (Å²) in [5.41, 5.74) is 0. The Morgan fingerprint density at radius 3 is 2.64 bits per heavy atom. The fraction of sp³-hybridized carbons (Fsp3) is 0.125. The van der Waals surface area contributed by atoms with Crippen LogP contribution in [0.15, 0.2) is 18.2 Å². The molecule has 0 saturated heterocycles. The third-order valence-corrected chi connectivity index (χ3v) is 3.36. The number of hydrogen-bond acceptors (Lipinski definition) is 2. The van der Waals surface area contributed by atoms with E-state index in [-0.39, 0.29) is 32.2 Å². The standard InChI is InChI=1S/C8H9IO2/c1-2-9-7-4-3-6(10)5-8(7)11/h2-5,10-11H,1H3. The summed E-state index contributed by atoms with van der Waals surface area (Å²) < 4.78 is 3.01. The fourth-order valence-corrected chi connectivity index (χ4v) is 2.24. The normalized spacial score (nSPS) is 11.4. The fourth-order valence-electron chi connectivity index (χ4n) is 0.711. The molecule has 0 aliphatic heterocycles. The van der Waals surface area contributed by atoms with Crippen molar-refractivity contribution in [2.75, 3.05) is 0 Å². The second-order valence-corrected chi connectivity index (χ2v) is 4.99. The predicted octanol–water partition coefficient (Wildman–Crippen LogP) is 2.06. The van der Waals surface area contributed by atoms with Crippen molar-refractivity contribution in [1.29, 1.82) is 0 Å². The topological polar surface area (TPSA) is 40.5 Å². The van der Waals surface area contributed by atoms with Crippen LogP contribution in [0.4, 0.5) is 0 Å². The Morgan fingerprint density at radius 1 is 1.36 bits per heavy atom. The molecule has 1 aromatic carbocycles. The minimum atomic E-state index is -0.191. The van der Waals surface area contributed by atoms with Gasteiger partial charge in [-0.15, -0.1) is 0 Å². The third kappa shape index (κ3) is 2.18. The van der Waals surface area contributed by atoms with E-state index in [1.54, 1.807) is 12.1 Å². The molecule has 0 amide bonds. The van der Waals surface area contributed by atoms with Crippen molar-refractivity contribution in [3.8, 4) is 11.5 Å². The van der Waals surface area contributed by atoms with Gasteiger partial charge in [-0.05, 0) is 19.1 Å². The maximum absolute atomic E-state index is 9.27. The van der Waals surface area contributed by atoms with Gasteiger partial charge in [0.25, 0.3) is 0 Å². The molecule has 0 unspecified atom stereocenters. The molecular formula is C8H9IO2. The molecule has 0 spiro atoms. The zero-order valence-corrected chi connectivity index (χ0v) is 8.24. The van der Waals surface area contributed by atoms with Crippen molar-refractivity contribution < 1.29 is 10.2 Å². The number of phenols is 2. The first kappa shape index (κ1) is 8.52. The SMILES string of the molecule is CC=Ic1ccc(O)cc1O. The molecule has 0 saturated carbocycles. The average molecular weight is 264 g/mol.